The summed E-state index contributed by atoms with van der Waals surface area (Å²) < 4.78 is 35.5. The summed E-state index contributed by atoms with van der Waals surface area (Å²) >= 11 is 4.60. The number of hydrogen-bond donors (Lipinski definition) is 1. The Bertz CT molecular complexity index is 2010. The number of halogens is 3. The van der Waals surface area contributed by atoms with Crippen LogP contribution >= 0.6 is 11.6 Å². The Kier molecular flexibility index (Phi) is 19.4. The number of nitrogens with one attached hydrogen (secondary N) is 1. The number of carbonyl (C=O) groups is 2. The van der Waals surface area contributed by atoms with Crippen LogP contribution in [0, 0.1) is 11.6 Å². The number of methoxy groups -OCH3 is 2. The van der Waals surface area contributed by atoms with Gasteiger partial charge in [0.2, 0.25) is 0 Å². The third kappa shape index (κ3) is 15.4. The molecule has 0 saturated heterocycles. The van der Waals surface area contributed by atoms with Crippen molar-refractivity contribution in [2.75, 3.05) is 33.9 Å². The second-order valence-corrected chi connectivity index (χ2v) is 11.9. The third-order valence-corrected chi connectivity index (χ3v) is 8.16. The highest BCUT2D eigenvalue weighted by Crippen LogP contribution is 2.17. The van der Waals surface area contributed by atoms with Crippen molar-refractivity contribution in [3.63, 3.8) is 0 Å². The van der Waals surface area contributed by atoms with Gasteiger partial charge in [0.05, 0.1) is 14.2 Å². The summed E-state index contributed by atoms with van der Waals surface area (Å²) in [4.78, 5) is 40.6. The van der Waals surface area contributed by atoms with E-state index in [1.165, 1.54) is 58.1 Å². The van der Waals surface area contributed by atoms with Crippen molar-refractivity contribution in [2.24, 2.45) is 0 Å². The van der Waals surface area contributed by atoms with E-state index in [0.29, 0.717) is 35.9 Å². The summed E-state index contributed by atoms with van der Waals surface area (Å²) in [5, 5.41) is 11.3. The number of aromatic nitrogens is 8. The van der Waals surface area contributed by atoms with E-state index in [1.54, 1.807) is 55.1 Å². The van der Waals surface area contributed by atoms with Gasteiger partial charge in [0, 0.05) is 60.4 Å². The van der Waals surface area contributed by atoms with Crippen LogP contribution in [0.15, 0.2) is 97.6 Å². The summed E-state index contributed by atoms with van der Waals surface area (Å²) in [5.74, 6) is 1.84. The van der Waals surface area contributed by atoms with E-state index in [2.05, 4.69) is 77.2 Å². The molecule has 4 heterocycles. The molecule has 56 heavy (non-hydrogen) atoms. The van der Waals surface area contributed by atoms with E-state index in [4.69, 9.17) is 4.74 Å². The lowest BCUT2D eigenvalue weighted by molar-refractivity contribution is 0.168. The number of H-pyrrole nitrogens is 1. The van der Waals surface area contributed by atoms with Gasteiger partial charge in [0.25, 0.3) is 0 Å². The minimum atomic E-state index is -0.773. The van der Waals surface area contributed by atoms with Crippen molar-refractivity contribution >= 4 is 23.1 Å². The molecule has 0 bridgehead atoms. The van der Waals surface area contributed by atoms with Crippen molar-refractivity contribution in [2.45, 2.75) is 46.5 Å². The lowest BCUT2D eigenvalue weighted by Crippen LogP contribution is -2.21. The maximum atomic E-state index is 13.0. The Balaban J connectivity index is 0.000000236. The fraction of sp³-hybridized carbons (Fsp3) is 0.300. The number of pyridine rings is 2. The number of carbonyl (C=O) groups excluding carboxylic acids is 2. The summed E-state index contributed by atoms with van der Waals surface area (Å²) in [6, 6.07) is 20.1. The first kappa shape index (κ1) is 44.5. The van der Waals surface area contributed by atoms with Crippen LogP contribution in [-0.2, 0) is 35.2 Å². The number of benzene rings is 2. The van der Waals surface area contributed by atoms with Crippen LogP contribution in [0.25, 0.3) is 22.8 Å². The smallest absolute Gasteiger partial charge is 0.436 e. The number of aryl methyl sites for hydroxylation is 4. The summed E-state index contributed by atoms with van der Waals surface area (Å²) in [6.45, 7) is 10.1. The molecule has 0 spiro atoms. The van der Waals surface area contributed by atoms with Gasteiger partial charge in [-0.25, -0.2) is 28.3 Å². The zero-order chi connectivity index (χ0) is 40.7. The molecule has 0 aliphatic rings. The van der Waals surface area contributed by atoms with Crippen molar-refractivity contribution < 1.29 is 27.8 Å². The Morgan fingerprint density at radius 2 is 1.21 bits per heavy atom. The molecule has 1 N–H and O–H groups in total. The maximum Gasteiger partial charge on any atom is 0.436 e. The molecule has 0 saturated carbocycles. The maximum absolute atomic E-state index is 13.0. The van der Waals surface area contributed by atoms with Crippen LogP contribution < -0.4 is 0 Å². The molecule has 0 fully saturated rings. The molecule has 0 aliphatic carbocycles. The first-order chi connectivity index (χ1) is 27.1. The molecule has 2 aromatic carbocycles. The number of nitrogens with zero attached hydrogens (tertiary/aromatic N) is 8. The molecule has 6 aromatic rings. The highest BCUT2D eigenvalue weighted by atomic mass is 35.5. The average Bonchev–Trinajstić information content (AvgIpc) is 3.90. The van der Waals surface area contributed by atoms with Gasteiger partial charge in [-0.15, -0.1) is 9.78 Å². The van der Waals surface area contributed by atoms with Crippen LogP contribution in [0.2, 0.25) is 0 Å². The van der Waals surface area contributed by atoms with Crippen LogP contribution in [0.3, 0.4) is 0 Å². The topological polar surface area (TPSA) is 154 Å². The van der Waals surface area contributed by atoms with Crippen molar-refractivity contribution in [3.8, 4) is 22.8 Å². The lowest BCUT2D eigenvalue weighted by Gasteiger charge is -2.13. The number of hydrogen-bond acceptors (Lipinski definition) is 11. The van der Waals surface area contributed by atoms with E-state index < -0.39 is 11.5 Å². The SMILES string of the molecule is CCN(CC)CC.COC(=O)Cl.COC(=O)n1nc(-c2cccnc2)nc1CCc1ccc(F)cc1.Fc1ccc(CCc2nc(-c3cccnc3)n[nH]2)cc1. The highest BCUT2D eigenvalue weighted by molar-refractivity contribution is 6.61. The van der Waals surface area contributed by atoms with E-state index in [9.17, 15) is 18.4 Å². The quantitative estimate of drug-likeness (QED) is 0.127. The Hall–Kier alpha value is -5.93. The fourth-order valence-corrected chi connectivity index (χ4v) is 4.88. The predicted octanol–water partition coefficient (Wildman–Crippen LogP) is 8.01. The van der Waals surface area contributed by atoms with E-state index >= 15 is 0 Å². The van der Waals surface area contributed by atoms with Crippen LogP contribution in [-0.4, -0.2) is 90.2 Å². The monoisotopic (exact) mass is 789 g/mol. The minimum Gasteiger partial charge on any atom is -0.457 e. The van der Waals surface area contributed by atoms with Gasteiger partial charge in [-0.2, -0.15) is 5.10 Å². The molecule has 16 heteroatoms. The molecule has 6 rings (SSSR count). The molecule has 0 unspecified atom stereocenters. The Labute approximate surface area is 330 Å². The molecule has 0 amide bonds. The molecule has 296 valence electrons. The predicted molar refractivity (Wildman–Crippen MR) is 210 cm³/mol. The first-order valence-corrected chi connectivity index (χ1v) is 18.2. The summed E-state index contributed by atoms with van der Waals surface area (Å²) in [7, 11) is 2.51. The Morgan fingerprint density at radius 3 is 1.64 bits per heavy atom. The van der Waals surface area contributed by atoms with Gasteiger partial charge in [-0.1, -0.05) is 45.0 Å². The van der Waals surface area contributed by atoms with Crippen LogP contribution in [0.1, 0.15) is 43.5 Å². The zero-order valence-electron chi connectivity index (χ0n) is 32.0. The normalized spacial score (nSPS) is 10.2. The number of ether oxygens (including phenoxy) is 2. The third-order valence-electron chi connectivity index (χ3n) is 8.01. The summed E-state index contributed by atoms with van der Waals surface area (Å²) in [5.41, 5.74) is 2.84. The number of rotatable bonds is 11. The van der Waals surface area contributed by atoms with E-state index in [1.807, 2.05) is 18.2 Å². The van der Waals surface area contributed by atoms with Crippen molar-refractivity contribution in [3.05, 3.63) is 132 Å². The first-order valence-electron chi connectivity index (χ1n) is 17.8. The lowest BCUT2D eigenvalue weighted by atomic mass is 10.1. The Morgan fingerprint density at radius 1 is 0.714 bits per heavy atom. The van der Waals surface area contributed by atoms with Crippen molar-refractivity contribution in [1.29, 1.82) is 0 Å². The molecule has 0 aliphatic heterocycles. The molecular weight excluding hydrogens is 744 g/mol. The summed E-state index contributed by atoms with van der Waals surface area (Å²) in [6.07, 6.45) is 8.71. The second-order valence-electron chi connectivity index (χ2n) is 11.6. The average molecular weight is 790 g/mol. The largest absolute Gasteiger partial charge is 0.457 e. The molecular formula is C40H46ClF2N9O4. The van der Waals surface area contributed by atoms with E-state index in [0.717, 1.165) is 40.0 Å². The molecule has 4 aromatic heterocycles. The molecule has 0 radical (unpaired) electrons. The minimum absolute atomic E-state index is 0.215. The highest BCUT2D eigenvalue weighted by Gasteiger charge is 2.17. The van der Waals surface area contributed by atoms with Gasteiger partial charge >= 0.3 is 11.5 Å². The van der Waals surface area contributed by atoms with Gasteiger partial charge in [-0.3, -0.25) is 15.1 Å². The van der Waals surface area contributed by atoms with Gasteiger partial charge < -0.3 is 14.4 Å². The second kappa shape index (κ2) is 24.5. The number of aromatic amines is 1. The molecule has 0 atom stereocenters. The fourth-order valence-electron chi connectivity index (χ4n) is 4.88. The zero-order valence-corrected chi connectivity index (χ0v) is 32.8. The molecule has 13 nitrogen and oxygen atoms in total. The van der Waals surface area contributed by atoms with Gasteiger partial charge in [-0.05, 0) is 92.1 Å². The van der Waals surface area contributed by atoms with E-state index in [-0.39, 0.29) is 11.6 Å². The van der Waals surface area contributed by atoms with Crippen LogP contribution in [0.4, 0.5) is 18.4 Å². The van der Waals surface area contributed by atoms with Gasteiger partial charge in [0.15, 0.2) is 11.6 Å². The van der Waals surface area contributed by atoms with Crippen LogP contribution in [0.5, 0.6) is 0 Å². The standard InChI is InChI=1S/C17H15FN4O2.C15H13FN4.C6H15N.C2H3ClO2/c1-24-17(23)22-15(9-6-12-4-7-14(18)8-5-12)20-16(21-22)13-3-2-10-19-11-13;16-13-6-3-11(4-7-13)5-8-14-18-15(20-19-14)12-2-1-9-17-10-12;1-4-7(5-2)6-3;1-5-2(3)4/h2-5,7-8,10-11H,6,9H2,1H3;1-4,6-7,9-10H,5,8H2,(H,18,19,20);4-6H2,1-3H3;1H3. The van der Waals surface area contributed by atoms with Crippen molar-refractivity contribution in [1.82, 2.24) is 44.8 Å². The van der Waals surface area contributed by atoms with Gasteiger partial charge in [0.1, 0.15) is 23.3 Å².